The smallest absolute Gasteiger partial charge is 0.271 e. The minimum atomic E-state index is -0.240. The third kappa shape index (κ3) is 3.88. The van der Waals surface area contributed by atoms with Crippen molar-refractivity contribution < 1.29 is 0 Å². The van der Waals surface area contributed by atoms with E-state index in [2.05, 4.69) is 93.2 Å². The zero-order chi connectivity index (χ0) is 25.6. The largest absolute Gasteiger partial charge is 0.276 e. The minimum absolute atomic E-state index is 0.125. The van der Waals surface area contributed by atoms with Gasteiger partial charge < -0.3 is 0 Å². The highest BCUT2D eigenvalue weighted by Gasteiger charge is 2.46. The molecule has 7 rings (SSSR count). The second-order valence-electron chi connectivity index (χ2n) is 11.0. The molecular formula is C30H34N6O. The minimum Gasteiger partial charge on any atom is -0.276 e. The zero-order valence-corrected chi connectivity index (χ0v) is 21.9. The van der Waals surface area contributed by atoms with Crippen molar-refractivity contribution in [2.45, 2.75) is 76.8 Å². The Labute approximate surface area is 217 Å². The number of nitrogens with one attached hydrogen (secondary N) is 1. The van der Waals surface area contributed by atoms with Gasteiger partial charge in [0.2, 0.25) is 0 Å². The molecular weight excluding hydrogens is 460 g/mol. The summed E-state index contributed by atoms with van der Waals surface area (Å²) in [5.74, 6) is 0.647. The van der Waals surface area contributed by atoms with E-state index in [9.17, 15) is 4.79 Å². The number of rotatable bonds is 8. The number of aromatic amines is 1. The average Bonchev–Trinajstić information content (AvgIpc) is 3.55. The highest BCUT2D eigenvalue weighted by Crippen LogP contribution is 2.44. The van der Waals surface area contributed by atoms with Gasteiger partial charge in [-0.25, -0.2) is 9.78 Å². The maximum atomic E-state index is 14.0. The van der Waals surface area contributed by atoms with E-state index in [1.807, 2.05) is 18.2 Å². The summed E-state index contributed by atoms with van der Waals surface area (Å²) in [4.78, 5) is 14.0. The Kier molecular flexibility index (Phi) is 5.74. The van der Waals surface area contributed by atoms with Gasteiger partial charge in [-0.2, -0.15) is 0 Å². The molecule has 1 N–H and O–H groups in total. The van der Waals surface area contributed by atoms with Crippen LogP contribution in [-0.2, 0) is 23.9 Å². The molecule has 4 heterocycles. The lowest BCUT2D eigenvalue weighted by molar-refractivity contribution is 0.111. The number of tetrazole rings is 1. The quantitative estimate of drug-likeness (QED) is 0.255. The van der Waals surface area contributed by atoms with Gasteiger partial charge in [0, 0.05) is 23.2 Å². The summed E-state index contributed by atoms with van der Waals surface area (Å²) in [7, 11) is 0. The van der Waals surface area contributed by atoms with Gasteiger partial charge in [-0.15, -0.1) is 5.10 Å². The second kappa shape index (κ2) is 8.98. The summed E-state index contributed by atoms with van der Waals surface area (Å²) < 4.78 is 4.43. The summed E-state index contributed by atoms with van der Waals surface area (Å²) >= 11 is 0. The maximum Gasteiger partial charge on any atom is 0.271 e. The monoisotopic (exact) mass is 494 g/mol. The Morgan fingerprint density at radius 3 is 2.27 bits per heavy atom. The summed E-state index contributed by atoms with van der Waals surface area (Å²) in [5.41, 5.74) is 6.26. The van der Waals surface area contributed by atoms with Crippen LogP contribution in [0.25, 0.3) is 22.5 Å². The van der Waals surface area contributed by atoms with Gasteiger partial charge in [0.05, 0.1) is 11.1 Å². The van der Waals surface area contributed by atoms with Crippen LogP contribution in [0, 0.1) is 0 Å². The number of allylic oxidation sites excluding steroid dienone is 2. The Morgan fingerprint density at radius 1 is 0.919 bits per heavy atom. The average molecular weight is 495 g/mol. The molecule has 0 amide bonds. The van der Waals surface area contributed by atoms with Crippen LogP contribution in [0.4, 0.5) is 0 Å². The lowest BCUT2D eigenvalue weighted by atomic mass is 9.78. The van der Waals surface area contributed by atoms with Crippen molar-refractivity contribution in [3.05, 3.63) is 87.9 Å². The van der Waals surface area contributed by atoms with Gasteiger partial charge in [-0.3, -0.25) is 9.48 Å². The Hall–Kier alpha value is -3.74. The second-order valence-corrected chi connectivity index (χ2v) is 11.0. The lowest BCUT2D eigenvalue weighted by Crippen LogP contribution is -2.54. The molecule has 0 fully saturated rings. The van der Waals surface area contributed by atoms with E-state index in [4.69, 9.17) is 0 Å². The number of hydrogen-bond donors (Lipinski definition) is 1. The van der Waals surface area contributed by atoms with Gasteiger partial charge in [0.15, 0.2) is 5.82 Å². The van der Waals surface area contributed by atoms with Crippen molar-refractivity contribution in [1.82, 2.24) is 30.0 Å². The van der Waals surface area contributed by atoms with Gasteiger partial charge in [0.25, 0.3) is 5.56 Å². The molecule has 0 saturated carbocycles. The van der Waals surface area contributed by atoms with E-state index in [1.165, 1.54) is 18.5 Å². The number of unbranched alkanes of at least 4 members (excludes halogenated alkanes) is 2. The van der Waals surface area contributed by atoms with Gasteiger partial charge in [-0.05, 0) is 66.6 Å². The molecule has 2 atom stereocenters. The first-order valence-corrected chi connectivity index (χ1v) is 13.4. The summed E-state index contributed by atoms with van der Waals surface area (Å²) in [6.07, 6.45) is 11.7. The van der Waals surface area contributed by atoms with E-state index in [1.54, 1.807) is 0 Å². The first-order valence-electron chi connectivity index (χ1n) is 13.4. The third-order valence-corrected chi connectivity index (χ3v) is 8.35. The van der Waals surface area contributed by atoms with Crippen LogP contribution in [0.15, 0.2) is 65.5 Å². The van der Waals surface area contributed by atoms with E-state index < -0.39 is 0 Å². The summed E-state index contributed by atoms with van der Waals surface area (Å²) in [5, 5.41) is 14.4. The van der Waals surface area contributed by atoms with Crippen molar-refractivity contribution in [1.29, 1.82) is 0 Å². The highest BCUT2D eigenvalue weighted by atomic mass is 16.1. The van der Waals surface area contributed by atoms with Crippen LogP contribution < -0.4 is 5.56 Å². The molecule has 2 aromatic carbocycles. The standard InChI is InChI=1S/C30H34N6O/c1-4-5-6-11-26-25(28(37)36-30(3)18-16-29(2,17-19-30)35(26)36)20-21-12-14-22(15-13-21)23-9-7-8-10-24(23)27-31-33-34-32-27/h7-10,12-16,18H,4-6,11,17,19-20H2,1-3H3,(H,31,32,33,34). The SMILES string of the molecule is CCCCCc1c(Cc2ccc(-c3ccccc3-c3nnn[nH]3)cc2)c(=O)n2n1C1(C)C=CC2(C)CC1. The molecule has 0 saturated heterocycles. The zero-order valence-electron chi connectivity index (χ0n) is 21.9. The molecule has 3 aliphatic rings. The first-order chi connectivity index (χ1) is 17.9. The number of nitrogens with zero attached hydrogens (tertiary/aromatic N) is 5. The molecule has 2 unspecified atom stereocenters. The number of fused-ring (bicyclic) bond motifs is 1. The van der Waals surface area contributed by atoms with Crippen LogP contribution in [-0.4, -0.2) is 30.0 Å². The van der Waals surface area contributed by atoms with E-state index >= 15 is 0 Å². The molecule has 37 heavy (non-hydrogen) atoms. The Bertz CT molecular complexity index is 1510. The van der Waals surface area contributed by atoms with Crippen molar-refractivity contribution in [3.8, 4) is 22.5 Å². The van der Waals surface area contributed by atoms with Crippen LogP contribution in [0.5, 0.6) is 0 Å². The molecule has 0 radical (unpaired) electrons. The predicted molar refractivity (Wildman–Crippen MR) is 145 cm³/mol. The normalized spacial score (nSPS) is 21.9. The first kappa shape index (κ1) is 23.6. The fraction of sp³-hybridized carbons (Fsp3) is 0.400. The molecule has 190 valence electrons. The van der Waals surface area contributed by atoms with Gasteiger partial charge in [-0.1, -0.05) is 80.4 Å². The van der Waals surface area contributed by atoms with Crippen LogP contribution >= 0.6 is 0 Å². The molecule has 2 aromatic heterocycles. The molecule has 7 heteroatoms. The van der Waals surface area contributed by atoms with Crippen molar-refractivity contribution in [2.24, 2.45) is 0 Å². The van der Waals surface area contributed by atoms with E-state index in [-0.39, 0.29) is 16.6 Å². The Morgan fingerprint density at radius 2 is 1.62 bits per heavy atom. The number of benzene rings is 2. The van der Waals surface area contributed by atoms with E-state index in [0.29, 0.717) is 12.2 Å². The highest BCUT2D eigenvalue weighted by molar-refractivity contribution is 5.80. The molecule has 7 nitrogen and oxygen atoms in total. The number of hydrogen-bond acceptors (Lipinski definition) is 4. The topological polar surface area (TPSA) is 81.4 Å². The lowest BCUT2D eigenvalue weighted by Gasteiger charge is -2.49. The van der Waals surface area contributed by atoms with Crippen LogP contribution in [0.2, 0.25) is 0 Å². The summed E-state index contributed by atoms with van der Waals surface area (Å²) in [6.45, 7) is 6.71. The van der Waals surface area contributed by atoms with Crippen molar-refractivity contribution >= 4 is 0 Å². The molecule has 1 aliphatic carbocycles. The summed E-state index contributed by atoms with van der Waals surface area (Å²) in [6, 6.07) is 16.7. The fourth-order valence-corrected chi connectivity index (χ4v) is 6.17. The number of H-pyrrole nitrogens is 1. The maximum absolute atomic E-state index is 14.0. The molecule has 4 aromatic rings. The van der Waals surface area contributed by atoms with Crippen molar-refractivity contribution in [2.75, 3.05) is 0 Å². The fourth-order valence-electron chi connectivity index (χ4n) is 6.17. The third-order valence-electron chi connectivity index (χ3n) is 8.35. The number of aromatic nitrogens is 6. The van der Waals surface area contributed by atoms with E-state index in [0.717, 1.165) is 53.5 Å². The molecule has 2 aliphatic heterocycles. The predicted octanol–water partition coefficient (Wildman–Crippen LogP) is 5.61. The molecule has 2 bridgehead atoms. The van der Waals surface area contributed by atoms with Gasteiger partial charge in [0.1, 0.15) is 0 Å². The Balaban J connectivity index is 1.37. The van der Waals surface area contributed by atoms with Crippen LogP contribution in [0.3, 0.4) is 0 Å². The van der Waals surface area contributed by atoms with Crippen LogP contribution in [0.1, 0.15) is 69.7 Å². The van der Waals surface area contributed by atoms with Gasteiger partial charge >= 0.3 is 0 Å². The van der Waals surface area contributed by atoms with Crippen molar-refractivity contribution in [3.63, 3.8) is 0 Å². The molecule has 0 spiro atoms.